The highest BCUT2D eigenvalue weighted by molar-refractivity contribution is 7.98. The number of nitrogens with zero attached hydrogens (tertiary/aromatic N) is 1. The molecule has 0 saturated carbocycles. The van der Waals surface area contributed by atoms with Crippen molar-refractivity contribution >= 4 is 35.1 Å². The Labute approximate surface area is 132 Å². The number of non-ortho nitro benzene ring substituents is 1. The van der Waals surface area contributed by atoms with Gasteiger partial charge < -0.3 is 5.32 Å². The van der Waals surface area contributed by atoms with E-state index >= 15 is 0 Å². The van der Waals surface area contributed by atoms with Crippen LogP contribution in [0.1, 0.15) is 5.56 Å². The van der Waals surface area contributed by atoms with Gasteiger partial charge in [0.2, 0.25) is 5.91 Å². The summed E-state index contributed by atoms with van der Waals surface area (Å²) in [7, 11) is 0. The molecule has 1 N–H and O–H groups in total. The summed E-state index contributed by atoms with van der Waals surface area (Å²) in [6.07, 6.45) is 4.84. The monoisotopic (exact) mass is 314 g/mol. The van der Waals surface area contributed by atoms with Gasteiger partial charge in [-0.15, -0.1) is 11.8 Å². The summed E-state index contributed by atoms with van der Waals surface area (Å²) in [6, 6.07) is 13.6. The Morgan fingerprint density at radius 3 is 2.73 bits per heavy atom. The van der Waals surface area contributed by atoms with Crippen LogP contribution in [-0.4, -0.2) is 17.1 Å². The van der Waals surface area contributed by atoms with Gasteiger partial charge in [0.15, 0.2) is 0 Å². The number of anilines is 1. The molecule has 2 aromatic rings. The van der Waals surface area contributed by atoms with Gasteiger partial charge >= 0.3 is 0 Å². The molecule has 2 rings (SSSR count). The van der Waals surface area contributed by atoms with Crippen molar-refractivity contribution < 1.29 is 9.72 Å². The average molecular weight is 314 g/mol. The number of amides is 1. The van der Waals surface area contributed by atoms with Gasteiger partial charge in [0.25, 0.3) is 5.69 Å². The third-order valence-corrected chi connectivity index (χ3v) is 3.67. The van der Waals surface area contributed by atoms with Crippen molar-refractivity contribution in [3.8, 4) is 0 Å². The summed E-state index contributed by atoms with van der Waals surface area (Å²) in [5, 5.41) is 13.5. The van der Waals surface area contributed by atoms with E-state index in [4.69, 9.17) is 0 Å². The molecular formula is C16H14N2O3S. The summed E-state index contributed by atoms with van der Waals surface area (Å²) in [5.74, 6) is -0.284. The van der Waals surface area contributed by atoms with E-state index in [1.54, 1.807) is 30.0 Å². The maximum absolute atomic E-state index is 11.9. The molecule has 0 unspecified atom stereocenters. The van der Waals surface area contributed by atoms with Gasteiger partial charge in [0.1, 0.15) is 0 Å². The molecule has 0 atom stereocenters. The van der Waals surface area contributed by atoms with Crippen LogP contribution in [-0.2, 0) is 4.79 Å². The van der Waals surface area contributed by atoms with Crippen molar-refractivity contribution in [1.82, 2.24) is 0 Å². The highest BCUT2D eigenvalue weighted by Crippen LogP contribution is 2.24. The second-order valence-corrected chi connectivity index (χ2v) is 5.22. The number of thioether (sulfide) groups is 1. The topological polar surface area (TPSA) is 72.2 Å². The Morgan fingerprint density at radius 1 is 1.23 bits per heavy atom. The number of nitro groups is 1. The van der Waals surface area contributed by atoms with E-state index in [1.807, 2.05) is 30.5 Å². The van der Waals surface area contributed by atoms with Gasteiger partial charge in [-0.2, -0.15) is 0 Å². The minimum Gasteiger partial charge on any atom is -0.321 e. The molecular weight excluding hydrogens is 300 g/mol. The van der Waals surface area contributed by atoms with E-state index in [1.165, 1.54) is 18.2 Å². The van der Waals surface area contributed by atoms with E-state index < -0.39 is 4.92 Å². The first kappa shape index (κ1) is 15.8. The fourth-order valence-corrected chi connectivity index (χ4v) is 2.39. The molecule has 112 valence electrons. The van der Waals surface area contributed by atoms with Gasteiger partial charge in [0, 0.05) is 23.1 Å². The predicted molar refractivity (Wildman–Crippen MR) is 89.0 cm³/mol. The van der Waals surface area contributed by atoms with Crippen molar-refractivity contribution in [2.45, 2.75) is 4.90 Å². The van der Waals surface area contributed by atoms with Crippen molar-refractivity contribution in [2.24, 2.45) is 0 Å². The van der Waals surface area contributed by atoms with Crippen LogP contribution < -0.4 is 5.32 Å². The lowest BCUT2D eigenvalue weighted by Gasteiger charge is -2.06. The lowest BCUT2D eigenvalue weighted by Crippen LogP contribution is -2.08. The number of nitro benzene ring substituents is 1. The van der Waals surface area contributed by atoms with Crippen LogP contribution in [0.5, 0.6) is 0 Å². The second kappa shape index (κ2) is 7.42. The first-order valence-corrected chi connectivity index (χ1v) is 7.69. The highest BCUT2D eigenvalue weighted by Gasteiger charge is 2.05. The van der Waals surface area contributed by atoms with Gasteiger partial charge in [0.05, 0.1) is 10.6 Å². The lowest BCUT2D eigenvalue weighted by atomic mass is 10.2. The van der Waals surface area contributed by atoms with Crippen LogP contribution in [0.25, 0.3) is 6.08 Å². The number of carbonyl (C=O) groups excluding carboxylic acids is 1. The fourth-order valence-electron chi connectivity index (χ4n) is 1.84. The number of nitrogens with one attached hydrogen (secondary N) is 1. The van der Waals surface area contributed by atoms with Crippen molar-refractivity contribution in [3.63, 3.8) is 0 Å². The van der Waals surface area contributed by atoms with Crippen LogP contribution in [0.3, 0.4) is 0 Å². The molecule has 0 aliphatic carbocycles. The van der Waals surface area contributed by atoms with E-state index in [0.717, 1.165) is 10.6 Å². The number of carbonyl (C=O) groups is 1. The first-order valence-electron chi connectivity index (χ1n) is 6.46. The first-order chi connectivity index (χ1) is 10.6. The molecule has 0 saturated heterocycles. The van der Waals surface area contributed by atoms with Crippen LogP contribution in [0.2, 0.25) is 0 Å². The molecule has 22 heavy (non-hydrogen) atoms. The zero-order valence-electron chi connectivity index (χ0n) is 11.9. The standard InChI is InChI=1S/C16H14N2O3S/c1-22-15-8-3-2-7-14(15)17-16(19)10-9-12-5-4-6-13(11-12)18(20)21/h2-11H,1H3,(H,17,19)/b10-9+. The molecule has 6 heteroatoms. The number of rotatable bonds is 5. The van der Waals surface area contributed by atoms with Gasteiger partial charge in [-0.05, 0) is 30.0 Å². The van der Waals surface area contributed by atoms with E-state index in [0.29, 0.717) is 5.56 Å². The number of benzene rings is 2. The maximum Gasteiger partial charge on any atom is 0.270 e. The Balaban J connectivity index is 2.08. The molecule has 0 spiro atoms. The Kier molecular flexibility index (Phi) is 5.32. The quantitative estimate of drug-likeness (QED) is 0.392. The normalized spacial score (nSPS) is 10.6. The molecule has 0 aromatic heterocycles. The van der Waals surface area contributed by atoms with Crippen molar-refractivity contribution in [1.29, 1.82) is 0 Å². The third kappa shape index (κ3) is 4.20. The second-order valence-electron chi connectivity index (χ2n) is 4.37. The molecule has 0 aliphatic rings. The Hall–Kier alpha value is -2.60. The number of hydrogen-bond acceptors (Lipinski definition) is 4. The molecule has 0 radical (unpaired) electrons. The largest absolute Gasteiger partial charge is 0.321 e. The highest BCUT2D eigenvalue weighted by atomic mass is 32.2. The molecule has 0 bridgehead atoms. The van der Waals surface area contributed by atoms with E-state index in [-0.39, 0.29) is 11.6 Å². The van der Waals surface area contributed by atoms with Crippen LogP contribution in [0.4, 0.5) is 11.4 Å². The maximum atomic E-state index is 11.9. The number of hydrogen-bond donors (Lipinski definition) is 1. The molecule has 5 nitrogen and oxygen atoms in total. The third-order valence-electron chi connectivity index (χ3n) is 2.87. The summed E-state index contributed by atoms with van der Waals surface area (Å²) < 4.78 is 0. The van der Waals surface area contributed by atoms with Crippen molar-refractivity contribution in [2.75, 3.05) is 11.6 Å². The minimum absolute atomic E-state index is 0.00436. The molecule has 0 fully saturated rings. The van der Waals surface area contributed by atoms with Crippen LogP contribution in [0.15, 0.2) is 59.5 Å². The molecule has 0 aliphatic heterocycles. The van der Waals surface area contributed by atoms with Crippen molar-refractivity contribution in [3.05, 3.63) is 70.3 Å². The summed E-state index contributed by atoms with van der Waals surface area (Å²) in [6.45, 7) is 0. The number of para-hydroxylation sites is 1. The van der Waals surface area contributed by atoms with Gasteiger partial charge in [-0.1, -0.05) is 24.3 Å². The molecule has 2 aromatic carbocycles. The Bertz CT molecular complexity index is 729. The summed E-state index contributed by atoms with van der Waals surface area (Å²) in [5.41, 5.74) is 1.33. The zero-order chi connectivity index (χ0) is 15.9. The fraction of sp³-hybridized carbons (Fsp3) is 0.0625. The van der Waals surface area contributed by atoms with Crippen LogP contribution in [0, 0.1) is 10.1 Å². The lowest BCUT2D eigenvalue weighted by molar-refractivity contribution is -0.384. The van der Waals surface area contributed by atoms with Gasteiger partial charge in [-0.3, -0.25) is 14.9 Å². The Morgan fingerprint density at radius 2 is 2.00 bits per heavy atom. The van der Waals surface area contributed by atoms with Crippen LogP contribution >= 0.6 is 11.8 Å². The van der Waals surface area contributed by atoms with E-state index in [9.17, 15) is 14.9 Å². The SMILES string of the molecule is CSc1ccccc1NC(=O)/C=C/c1cccc([N+](=O)[O-])c1. The average Bonchev–Trinajstić information content (AvgIpc) is 2.53. The van der Waals surface area contributed by atoms with Gasteiger partial charge in [-0.25, -0.2) is 0 Å². The predicted octanol–water partition coefficient (Wildman–Crippen LogP) is 3.97. The minimum atomic E-state index is -0.466. The van der Waals surface area contributed by atoms with E-state index in [2.05, 4.69) is 5.32 Å². The smallest absolute Gasteiger partial charge is 0.270 e. The summed E-state index contributed by atoms with van der Waals surface area (Å²) in [4.78, 5) is 23.1. The summed E-state index contributed by atoms with van der Waals surface area (Å²) >= 11 is 1.54. The zero-order valence-corrected chi connectivity index (χ0v) is 12.7. The molecule has 0 heterocycles. The molecule has 1 amide bonds.